The van der Waals surface area contributed by atoms with E-state index in [2.05, 4.69) is 44.3 Å². The van der Waals surface area contributed by atoms with Crippen molar-refractivity contribution in [1.29, 1.82) is 0 Å². The Morgan fingerprint density at radius 3 is 2.50 bits per heavy atom. The molecule has 0 amide bonds. The highest BCUT2D eigenvalue weighted by Gasteiger charge is 2.43. The molecule has 1 saturated carbocycles. The molecular weight excluding hydrogens is 226 g/mol. The highest BCUT2D eigenvalue weighted by Crippen LogP contribution is 2.32. The molecule has 3 atom stereocenters. The maximum absolute atomic E-state index is 6.13. The van der Waals surface area contributed by atoms with Gasteiger partial charge in [0.25, 0.3) is 0 Å². The molecule has 1 aliphatic rings. The average molecular weight is 249 g/mol. The zero-order valence-electron chi connectivity index (χ0n) is 11.7. The van der Waals surface area contributed by atoms with E-state index in [1.807, 2.05) is 0 Å². The second-order valence-electron chi connectivity index (χ2n) is 4.98. The standard InChI is InChI=1S/C15H23NO2/c1-5-16-12-9-13(15(12)17-4)18-14-10(2)7-6-8-11(14)3/h6-8,12-13,15-16H,5,9H2,1-4H3. The molecule has 18 heavy (non-hydrogen) atoms. The summed E-state index contributed by atoms with van der Waals surface area (Å²) in [6.45, 7) is 7.27. The van der Waals surface area contributed by atoms with Gasteiger partial charge in [-0.2, -0.15) is 0 Å². The Labute approximate surface area is 109 Å². The highest BCUT2D eigenvalue weighted by molar-refractivity contribution is 5.40. The fraction of sp³-hybridized carbons (Fsp3) is 0.600. The van der Waals surface area contributed by atoms with Crippen molar-refractivity contribution in [1.82, 2.24) is 5.32 Å². The van der Waals surface area contributed by atoms with Gasteiger partial charge in [-0.1, -0.05) is 25.1 Å². The lowest BCUT2D eigenvalue weighted by Crippen LogP contribution is -2.61. The van der Waals surface area contributed by atoms with Crippen LogP contribution < -0.4 is 10.1 Å². The number of aryl methyl sites for hydroxylation is 2. The van der Waals surface area contributed by atoms with Crippen molar-refractivity contribution in [2.75, 3.05) is 13.7 Å². The van der Waals surface area contributed by atoms with Crippen LogP contribution in [0.2, 0.25) is 0 Å². The first-order valence-electron chi connectivity index (χ1n) is 6.66. The minimum absolute atomic E-state index is 0.156. The molecule has 0 saturated heterocycles. The van der Waals surface area contributed by atoms with Crippen molar-refractivity contribution in [3.63, 3.8) is 0 Å². The van der Waals surface area contributed by atoms with Crippen molar-refractivity contribution in [3.8, 4) is 5.75 Å². The molecule has 3 nitrogen and oxygen atoms in total. The SMILES string of the molecule is CCNC1CC(Oc2c(C)cccc2C)C1OC. The van der Waals surface area contributed by atoms with E-state index in [-0.39, 0.29) is 12.2 Å². The first-order chi connectivity index (χ1) is 8.67. The van der Waals surface area contributed by atoms with E-state index >= 15 is 0 Å². The van der Waals surface area contributed by atoms with Crippen LogP contribution >= 0.6 is 0 Å². The maximum atomic E-state index is 6.13. The topological polar surface area (TPSA) is 30.5 Å². The first-order valence-corrected chi connectivity index (χ1v) is 6.66. The van der Waals surface area contributed by atoms with Crippen LogP contribution in [0.15, 0.2) is 18.2 Å². The van der Waals surface area contributed by atoms with E-state index in [0.717, 1.165) is 18.7 Å². The van der Waals surface area contributed by atoms with E-state index < -0.39 is 0 Å². The summed E-state index contributed by atoms with van der Waals surface area (Å²) in [4.78, 5) is 0. The minimum Gasteiger partial charge on any atom is -0.487 e. The molecule has 0 aromatic heterocycles. The number of methoxy groups -OCH3 is 1. The molecule has 1 N–H and O–H groups in total. The Kier molecular flexibility index (Phi) is 4.25. The molecule has 3 heteroatoms. The minimum atomic E-state index is 0.156. The van der Waals surface area contributed by atoms with Crippen LogP contribution in [0.4, 0.5) is 0 Å². The second-order valence-corrected chi connectivity index (χ2v) is 4.98. The smallest absolute Gasteiger partial charge is 0.128 e. The summed E-state index contributed by atoms with van der Waals surface area (Å²) in [5, 5.41) is 3.42. The lowest BCUT2D eigenvalue weighted by atomic mass is 9.85. The summed E-state index contributed by atoms with van der Waals surface area (Å²) in [5.74, 6) is 1.01. The van der Waals surface area contributed by atoms with Gasteiger partial charge in [0.15, 0.2) is 0 Å². The molecule has 0 aliphatic heterocycles. The lowest BCUT2D eigenvalue weighted by molar-refractivity contribution is -0.0887. The van der Waals surface area contributed by atoms with Crippen LogP contribution in [0.5, 0.6) is 5.75 Å². The Bertz CT molecular complexity index is 385. The number of nitrogens with one attached hydrogen (secondary N) is 1. The molecule has 0 heterocycles. The van der Waals surface area contributed by atoms with Gasteiger partial charge in [0.05, 0.1) is 0 Å². The van der Waals surface area contributed by atoms with E-state index in [9.17, 15) is 0 Å². The van der Waals surface area contributed by atoms with E-state index in [4.69, 9.17) is 9.47 Å². The molecule has 100 valence electrons. The van der Waals surface area contributed by atoms with Crippen LogP contribution in [-0.2, 0) is 4.74 Å². The van der Waals surface area contributed by atoms with E-state index in [0.29, 0.717) is 6.04 Å². The Morgan fingerprint density at radius 1 is 1.28 bits per heavy atom. The predicted molar refractivity (Wildman–Crippen MR) is 73.2 cm³/mol. The number of ether oxygens (including phenoxy) is 2. The summed E-state index contributed by atoms with van der Waals surface area (Å²) in [5.41, 5.74) is 2.38. The number of rotatable bonds is 5. The third kappa shape index (κ3) is 2.52. The van der Waals surface area contributed by atoms with Gasteiger partial charge in [-0.25, -0.2) is 0 Å². The summed E-state index contributed by atoms with van der Waals surface area (Å²) in [6.07, 6.45) is 1.34. The molecule has 1 aromatic rings. The van der Waals surface area contributed by atoms with Gasteiger partial charge >= 0.3 is 0 Å². The quantitative estimate of drug-likeness (QED) is 0.869. The molecule has 3 unspecified atom stereocenters. The van der Waals surface area contributed by atoms with Gasteiger partial charge < -0.3 is 14.8 Å². The van der Waals surface area contributed by atoms with Crippen LogP contribution in [0.1, 0.15) is 24.5 Å². The Hall–Kier alpha value is -1.06. The number of para-hydroxylation sites is 1. The second kappa shape index (κ2) is 5.72. The molecular formula is C15H23NO2. The third-order valence-corrected chi connectivity index (χ3v) is 3.67. The van der Waals surface area contributed by atoms with Crippen LogP contribution in [-0.4, -0.2) is 31.9 Å². The van der Waals surface area contributed by atoms with Gasteiger partial charge in [0, 0.05) is 19.6 Å². The van der Waals surface area contributed by atoms with Crippen molar-refractivity contribution in [2.45, 2.75) is 45.4 Å². The van der Waals surface area contributed by atoms with Gasteiger partial charge in [-0.15, -0.1) is 0 Å². The summed E-state index contributed by atoms with van der Waals surface area (Å²) < 4.78 is 11.7. The summed E-state index contributed by atoms with van der Waals surface area (Å²) in [6, 6.07) is 6.66. The first kappa shape index (κ1) is 13.4. The predicted octanol–water partition coefficient (Wildman–Crippen LogP) is 2.45. The van der Waals surface area contributed by atoms with Gasteiger partial charge in [-0.05, 0) is 31.5 Å². The number of hydrogen-bond donors (Lipinski definition) is 1. The van der Waals surface area contributed by atoms with Crippen LogP contribution in [0, 0.1) is 13.8 Å². The summed E-state index contributed by atoms with van der Waals surface area (Å²) >= 11 is 0. The average Bonchev–Trinajstić information content (AvgIpc) is 2.31. The molecule has 1 aromatic carbocycles. The fourth-order valence-electron chi connectivity index (χ4n) is 2.61. The molecule has 1 aliphatic carbocycles. The molecule has 0 bridgehead atoms. The van der Waals surface area contributed by atoms with Crippen molar-refractivity contribution in [3.05, 3.63) is 29.3 Å². The molecule has 0 radical (unpaired) electrons. The number of hydrogen-bond acceptors (Lipinski definition) is 3. The van der Waals surface area contributed by atoms with Gasteiger partial charge in [0.1, 0.15) is 18.0 Å². The highest BCUT2D eigenvalue weighted by atomic mass is 16.5. The van der Waals surface area contributed by atoms with Crippen molar-refractivity contribution < 1.29 is 9.47 Å². The largest absolute Gasteiger partial charge is 0.487 e. The van der Waals surface area contributed by atoms with E-state index in [1.54, 1.807) is 7.11 Å². The fourth-order valence-corrected chi connectivity index (χ4v) is 2.61. The zero-order valence-corrected chi connectivity index (χ0v) is 11.7. The van der Waals surface area contributed by atoms with E-state index in [1.165, 1.54) is 11.1 Å². The number of likely N-dealkylation sites (N-methyl/N-ethyl adjacent to an activating group) is 1. The molecule has 2 rings (SSSR count). The van der Waals surface area contributed by atoms with Crippen molar-refractivity contribution in [2.24, 2.45) is 0 Å². The summed E-state index contributed by atoms with van der Waals surface area (Å²) in [7, 11) is 1.76. The third-order valence-electron chi connectivity index (χ3n) is 3.67. The maximum Gasteiger partial charge on any atom is 0.128 e. The zero-order chi connectivity index (χ0) is 13.1. The van der Waals surface area contributed by atoms with Gasteiger partial charge in [0.2, 0.25) is 0 Å². The van der Waals surface area contributed by atoms with Gasteiger partial charge in [-0.3, -0.25) is 0 Å². The lowest BCUT2D eigenvalue weighted by Gasteiger charge is -2.43. The van der Waals surface area contributed by atoms with Crippen LogP contribution in [0.3, 0.4) is 0 Å². The molecule has 0 spiro atoms. The Balaban J connectivity index is 2.03. The van der Waals surface area contributed by atoms with Crippen molar-refractivity contribution >= 4 is 0 Å². The Morgan fingerprint density at radius 2 is 1.94 bits per heavy atom. The normalized spacial score (nSPS) is 26.8. The van der Waals surface area contributed by atoms with Crippen LogP contribution in [0.25, 0.3) is 0 Å². The molecule has 1 fully saturated rings. The number of benzene rings is 1. The monoisotopic (exact) mass is 249 g/mol.